The van der Waals surface area contributed by atoms with Crippen LogP contribution in [0.5, 0.6) is 0 Å². The van der Waals surface area contributed by atoms with Crippen molar-refractivity contribution in [2.45, 2.75) is 65.2 Å². The molecule has 0 bridgehead atoms. The van der Waals surface area contributed by atoms with E-state index >= 15 is 0 Å². The molecular formula is C30H40FeN2O2+2. The Labute approximate surface area is 225 Å². The van der Waals surface area contributed by atoms with Crippen LogP contribution in [0.25, 0.3) is 0 Å². The molecule has 0 aliphatic heterocycles. The van der Waals surface area contributed by atoms with Gasteiger partial charge in [-0.25, -0.2) is 0 Å². The van der Waals surface area contributed by atoms with Gasteiger partial charge in [-0.05, 0) is 94.4 Å². The molecular weight excluding hydrogens is 476 g/mol. The van der Waals surface area contributed by atoms with Gasteiger partial charge in [0.05, 0.1) is 0 Å². The molecule has 2 saturated carbocycles. The van der Waals surface area contributed by atoms with E-state index in [1.807, 2.05) is 69.9 Å². The number of unbranched alkanes of at least 4 members (excludes halogenated alkanes) is 6. The van der Waals surface area contributed by atoms with E-state index in [9.17, 15) is 9.59 Å². The maximum Gasteiger partial charge on any atom is 2.00 e. The molecule has 10 radical (unpaired) electrons. The molecule has 0 spiro atoms. The Bertz CT molecular complexity index is 660. The van der Waals surface area contributed by atoms with Gasteiger partial charge in [-0.15, -0.1) is 0 Å². The monoisotopic (exact) mass is 516 g/mol. The summed E-state index contributed by atoms with van der Waals surface area (Å²) < 4.78 is 0. The van der Waals surface area contributed by atoms with Gasteiger partial charge in [-0.2, -0.15) is 0 Å². The largest absolute Gasteiger partial charge is 2.00 e. The van der Waals surface area contributed by atoms with Crippen molar-refractivity contribution in [1.29, 1.82) is 0 Å². The molecule has 0 atom stereocenters. The molecule has 188 valence electrons. The minimum Gasteiger partial charge on any atom is -0.352 e. The summed E-state index contributed by atoms with van der Waals surface area (Å²) in [4.78, 5) is 25.3. The molecule has 4 nitrogen and oxygen atoms in total. The molecule has 0 unspecified atom stereocenters. The molecule has 0 heterocycles. The molecule has 0 saturated heterocycles. The molecule has 1 aromatic carbocycles. The molecule has 2 fully saturated rings. The Morgan fingerprint density at radius 3 is 1.43 bits per heavy atom. The Morgan fingerprint density at radius 2 is 1.03 bits per heavy atom. The van der Waals surface area contributed by atoms with Gasteiger partial charge in [0.25, 0.3) is 11.8 Å². The van der Waals surface area contributed by atoms with Crippen LogP contribution >= 0.6 is 0 Å². The molecule has 2 amide bonds. The Kier molecular flexibility index (Phi) is 18.0. The SMILES string of the molecule is CCCCCCNC(=O)c1cc([C]2[CH][CH][CH][CH]2)cc(C(=O)NCCCCCC)c1.[CH]1[CH][CH][CH][CH]1.[Fe+2]. The van der Waals surface area contributed by atoms with Crippen LogP contribution in [0.1, 0.15) is 91.5 Å². The van der Waals surface area contributed by atoms with E-state index in [0.29, 0.717) is 24.2 Å². The van der Waals surface area contributed by atoms with Gasteiger partial charge < -0.3 is 10.6 Å². The predicted octanol–water partition coefficient (Wildman–Crippen LogP) is 6.08. The second kappa shape index (κ2) is 19.8. The van der Waals surface area contributed by atoms with E-state index in [2.05, 4.69) is 24.5 Å². The number of hydrogen-bond donors (Lipinski definition) is 2. The van der Waals surface area contributed by atoms with Crippen molar-refractivity contribution >= 4 is 11.8 Å². The summed E-state index contributed by atoms with van der Waals surface area (Å²) in [5.74, 6) is 0.776. The average molecular weight is 517 g/mol. The third kappa shape index (κ3) is 13.0. The average Bonchev–Trinajstić information content (AvgIpc) is 3.60. The molecule has 2 aliphatic carbocycles. The first-order valence-electron chi connectivity index (χ1n) is 12.8. The van der Waals surface area contributed by atoms with Crippen molar-refractivity contribution in [3.63, 3.8) is 0 Å². The zero-order chi connectivity index (χ0) is 24.4. The fourth-order valence-corrected chi connectivity index (χ4v) is 3.66. The zero-order valence-electron chi connectivity index (χ0n) is 21.2. The number of rotatable bonds is 13. The summed E-state index contributed by atoms with van der Waals surface area (Å²) in [5, 5.41) is 5.98. The van der Waals surface area contributed by atoms with Crippen molar-refractivity contribution < 1.29 is 26.7 Å². The minimum atomic E-state index is -0.119. The first-order chi connectivity index (χ1) is 16.7. The van der Waals surface area contributed by atoms with E-state index < -0.39 is 0 Å². The van der Waals surface area contributed by atoms with Gasteiger partial charge in [0.15, 0.2) is 0 Å². The van der Waals surface area contributed by atoms with Crippen molar-refractivity contribution in [2.75, 3.05) is 13.1 Å². The van der Waals surface area contributed by atoms with Crippen LogP contribution in [0.3, 0.4) is 0 Å². The Morgan fingerprint density at radius 1 is 0.600 bits per heavy atom. The van der Waals surface area contributed by atoms with Crippen LogP contribution in [0.4, 0.5) is 0 Å². The van der Waals surface area contributed by atoms with Gasteiger partial charge >= 0.3 is 17.1 Å². The quantitative estimate of drug-likeness (QED) is 0.247. The van der Waals surface area contributed by atoms with Gasteiger partial charge in [-0.1, -0.05) is 52.4 Å². The van der Waals surface area contributed by atoms with Crippen LogP contribution in [-0.2, 0) is 17.1 Å². The molecule has 1 aromatic rings. The number of hydrogen-bond acceptors (Lipinski definition) is 2. The van der Waals surface area contributed by atoms with Crippen LogP contribution in [0, 0.1) is 63.7 Å². The standard InChI is InChI=1S/C25H35N2O2.C5H5.Fe/c1-3-5-7-11-15-26-24(28)22-17-21(20-13-9-10-14-20)18-23(19-22)25(29)27-16-12-8-6-4-2;1-2-4-5-3-1;/h9-10,13-14,17-19H,3-8,11-12,15-16H2,1-2H3,(H,26,28)(H,27,29);1-5H;/q;;+2. The first kappa shape index (κ1) is 31.7. The smallest absolute Gasteiger partial charge is 0.352 e. The minimum absolute atomic E-state index is 0. The maximum absolute atomic E-state index is 12.7. The van der Waals surface area contributed by atoms with Gasteiger partial charge in [0, 0.05) is 30.1 Å². The van der Waals surface area contributed by atoms with E-state index in [0.717, 1.165) is 37.2 Å². The van der Waals surface area contributed by atoms with Crippen LogP contribution in [0.15, 0.2) is 18.2 Å². The fraction of sp³-hybridized carbons (Fsp3) is 0.400. The fourth-order valence-electron chi connectivity index (χ4n) is 3.66. The first-order valence-corrected chi connectivity index (χ1v) is 12.8. The summed E-state index contributed by atoms with van der Waals surface area (Å²) in [6.45, 7) is 5.67. The van der Waals surface area contributed by atoms with Crippen LogP contribution in [0.2, 0.25) is 0 Å². The zero-order valence-corrected chi connectivity index (χ0v) is 22.3. The summed E-state index contributed by atoms with van der Waals surface area (Å²) >= 11 is 0. The van der Waals surface area contributed by atoms with E-state index in [1.54, 1.807) is 6.07 Å². The van der Waals surface area contributed by atoms with Gasteiger partial charge in [0.2, 0.25) is 0 Å². The number of benzene rings is 1. The van der Waals surface area contributed by atoms with Crippen molar-refractivity contribution in [1.82, 2.24) is 10.6 Å². The van der Waals surface area contributed by atoms with E-state index in [1.165, 1.54) is 25.7 Å². The predicted molar refractivity (Wildman–Crippen MR) is 140 cm³/mol. The van der Waals surface area contributed by atoms with Crippen LogP contribution in [-0.4, -0.2) is 24.9 Å². The Balaban J connectivity index is 0.000000904. The number of nitrogens with one attached hydrogen (secondary N) is 2. The van der Waals surface area contributed by atoms with E-state index in [4.69, 9.17) is 0 Å². The summed E-state index contributed by atoms with van der Waals surface area (Å²) in [6.07, 6.45) is 26.8. The number of carbonyl (C=O) groups excluding carboxylic acids is 2. The van der Waals surface area contributed by atoms with Crippen molar-refractivity contribution in [3.05, 3.63) is 98.6 Å². The van der Waals surface area contributed by atoms with Crippen molar-refractivity contribution in [2.24, 2.45) is 0 Å². The molecule has 0 aromatic heterocycles. The Hall–Kier alpha value is -1.32. The molecule has 2 N–H and O–H groups in total. The summed E-state index contributed by atoms with van der Waals surface area (Å²) in [6, 6.07) is 5.44. The topological polar surface area (TPSA) is 58.2 Å². The second-order valence-corrected chi connectivity index (χ2v) is 8.57. The normalized spacial score (nSPS) is 15.1. The summed E-state index contributed by atoms with van der Waals surface area (Å²) in [7, 11) is 0. The van der Waals surface area contributed by atoms with Gasteiger partial charge in [0.1, 0.15) is 0 Å². The van der Waals surface area contributed by atoms with Crippen molar-refractivity contribution in [3.8, 4) is 0 Å². The third-order valence-electron chi connectivity index (χ3n) is 5.64. The summed E-state index contributed by atoms with van der Waals surface area (Å²) in [5.41, 5.74) is 1.97. The maximum atomic E-state index is 12.7. The molecule has 3 rings (SSSR count). The van der Waals surface area contributed by atoms with Crippen LogP contribution < -0.4 is 10.6 Å². The van der Waals surface area contributed by atoms with E-state index in [-0.39, 0.29) is 28.9 Å². The third-order valence-corrected chi connectivity index (χ3v) is 5.64. The number of amides is 2. The number of carbonyl (C=O) groups is 2. The van der Waals surface area contributed by atoms with Gasteiger partial charge in [-0.3, -0.25) is 9.59 Å². The second-order valence-electron chi connectivity index (χ2n) is 8.57. The molecule has 5 heteroatoms. The molecule has 2 aliphatic rings. The molecule has 35 heavy (non-hydrogen) atoms.